The number of nitrogens with zero attached hydrogens (tertiary/aromatic N) is 3. The topological polar surface area (TPSA) is 9.72 Å². The van der Waals surface area contributed by atoms with Crippen LogP contribution in [0.2, 0.25) is 0 Å². The third-order valence-corrected chi connectivity index (χ3v) is 20.9. The molecule has 1 aliphatic carbocycles. The van der Waals surface area contributed by atoms with Crippen molar-refractivity contribution in [2.24, 2.45) is 0 Å². The predicted molar refractivity (Wildman–Crippen MR) is 355 cm³/mol. The lowest BCUT2D eigenvalue weighted by molar-refractivity contribution is 0.195. The summed E-state index contributed by atoms with van der Waals surface area (Å²) in [5.74, 6) is 0. The second kappa shape index (κ2) is 18.0. The van der Waals surface area contributed by atoms with Crippen molar-refractivity contribution in [2.75, 3.05) is 14.7 Å². The standard InChI is InChI=1S/C76H84BN3S/c1-70(2,3)48-25-31-53(32-26-48)78(54-33-27-49(28-34-54)71(4,5)6)55-45-62-67-63(46-55)80-68-58(75(16)39-21-22-40-76(75,80)17)42-52(74(13,14)15)43-60(68)77(67)59-36-38-64-66(56-35-29-51(73(10,11)12)44-65(56)81-64)69(59)79(62)61-37-30-50(72(7,8)9)41-57(61)47-23-19-18-20-24-47/h18-20,23-38,41-46H,21-22,39-40H2,1-17H3. The monoisotopic (exact) mass is 1080 g/mol. The van der Waals surface area contributed by atoms with E-state index < -0.39 is 0 Å². The Bertz CT molecular complexity index is 3940. The molecule has 1 aromatic heterocycles. The van der Waals surface area contributed by atoms with E-state index in [1.54, 1.807) is 5.56 Å². The van der Waals surface area contributed by atoms with Gasteiger partial charge in [0.05, 0.1) is 22.6 Å². The summed E-state index contributed by atoms with van der Waals surface area (Å²) in [5, 5.41) is 2.67. The van der Waals surface area contributed by atoms with E-state index in [4.69, 9.17) is 0 Å². The minimum Gasteiger partial charge on any atom is -0.335 e. The van der Waals surface area contributed by atoms with E-state index in [1.807, 2.05) is 11.3 Å². The SMILES string of the molecule is CC(C)(C)c1ccc(N(c2ccc(C(C)(C)C)cc2)c2cc3c4c(c2)N2c5c(cc(C(C)(C)C)cc5C5(C)CCCCC25C)B4c2ccc4sc5cc(C(C)(C)C)ccc5c4c2N3c2ccc(C(C)(C)C)cc2-c2ccccc2)cc1. The Balaban J connectivity index is 1.22. The Morgan fingerprint density at radius 1 is 0.457 bits per heavy atom. The molecule has 4 aliphatic rings. The lowest BCUT2D eigenvalue weighted by Gasteiger charge is -2.53. The van der Waals surface area contributed by atoms with Gasteiger partial charge in [0.1, 0.15) is 0 Å². The van der Waals surface area contributed by atoms with Gasteiger partial charge in [-0.3, -0.25) is 0 Å². The van der Waals surface area contributed by atoms with Crippen LogP contribution in [-0.2, 0) is 32.5 Å². The molecule has 412 valence electrons. The fourth-order valence-electron chi connectivity index (χ4n) is 14.7. The van der Waals surface area contributed by atoms with Crippen molar-refractivity contribution >= 4 is 100 Å². The van der Waals surface area contributed by atoms with Crippen LogP contribution in [-0.4, -0.2) is 12.3 Å². The van der Waals surface area contributed by atoms with Crippen molar-refractivity contribution in [3.05, 3.63) is 185 Å². The average molecular weight is 1080 g/mol. The number of fused-ring (bicyclic) bond motifs is 11. The molecule has 8 aromatic carbocycles. The van der Waals surface area contributed by atoms with Crippen LogP contribution in [0.25, 0.3) is 31.3 Å². The van der Waals surface area contributed by atoms with Gasteiger partial charge in [-0.1, -0.05) is 215 Å². The summed E-state index contributed by atoms with van der Waals surface area (Å²) in [6.07, 6.45) is 4.75. The van der Waals surface area contributed by atoms with E-state index >= 15 is 0 Å². The lowest BCUT2D eigenvalue weighted by atomic mass is 9.33. The minimum atomic E-state index is -0.170. The number of thiophene rings is 1. The van der Waals surface area contributed by atoms with E-state index in [0.717, 1.165) is 23.5 Å². The molecule has 3 aliphatic heterocycles. The van der Waals surface area contributed by atoms with E-state index in [0.29, 0.717) is 0 Å². The quantitative estimate of drug-likeness (QED) is 0.159. The summed E-state index contributed by atoms with van der Waals surface area (Å²) in [7, 11) is 0. The van der Waals surface area contributed by atoms with Crippen LogP contribution < -0.4 is 31.1 Å². The maximum atomic E-state index is 2.93. The second-order valence-electron chi connectivity index (χ2n) is 30.2. The molecule has 3 nitrogen and oxygen atoms in total. The van der Waals surface area contributed by atoms with Crippen LogP contribution in [0.4, 0.5) is 45.5 Å². The van der Waals surface area contributed by atoms with Crippen LogP contribution in [0, 0.1) is 0 Å². The molecule has 9 aromatic rings. The van der Waals surface area contributed by atoms with Crippen molar-refractivity contribution in [1.29, 1.82) is 0 Å². The first kappa shape index (κ1) is 53.7. The normalized spacial score (nSPS) is 18.8. The predicted octanol–water partition coefficient (Wildman–Crippen LogP) is 20.0. The maximum absolute atomic E-state index is 2.93. The third kappa shape index (κ3) is 8.31. The fraction of sp³-hybridized carbons (Fsp3) is 0.368. The summed E-state index contributed by atoms with van der Waals surface area (Å²) < 4.78 is 2.67. The molecular formula is C76H84BN3S. The zero-order valence-corrected chi connectivity index (χ0v) is 52.4. The molecular weight excluding hydrogens is 998 g/mol. The summed E-state index contributed by atoms with van der Waals surface area (Å²) in [4.78, 5) is 8.28. The van der Waals surface area contributed by atoms with Crippen molar-refractivity contribution in [1.82, 2.24) is 0 Å². The summed E-state index contributed by atoms with van der Waals surface area (Å²) in [6.45, 7) is 40.6. The Morgan fingerprint density at radius 3 is 1.62 bits per heavy atom. The highest BCUT2D eigenvalue weighted by Crippen LogP contribution is 2.63. The van der Waals surface area contributed by atoms with Gasteiger partial charge in [0, 0.05) is 59.6 Å². The molecule has 0 amide bonds. The second-order valence-corrected chi connectivity index (χ2v) is 31.3. The van der Waals surface area contributed by atoms with Gasteiger partial charge in [-0.15, -0.1) is 11.3 Å². The summed E-state index contributed by atoms with van der Waals surface area (Å²) in [5.41, 5.74) is 24.7. The van der Waals surface area contributed by atoms with Gasteiger partial charge in [0.2, 0.25) is 0 Å². The van der Waals surface area contributed by atoms with E-state index in [-0.39, 0.29) is 44.7 Å². The van der Waals surface area contributed by atoms with Crippen LogP contribution in [0.15, 0.2) is 152 Å². The van der Waals surface area contributed by atoms with Crippen LogP contribution in [0.3, 0.4) is 0 Å². The maximum Gasteiger partial charge on any atom is 0.252 e. The number of benzene rings is 8. The molecule has 1 fully saturated rings. The molecule has 81 heavy (non-hydrogen) atoms. The largest absolute Gasteiger partial charge is 0.335 e. The highest BCUT2D eigenvalue weighted by atomic mass is 32.1. The molecule has 2 unspecified atom stereocenters. The Morgan fingerprint density at radius 2 is 1.01 bits per heavy atom. The van der Waals surface area contributed by atoms with Gasteiger partial charge in [0.25, 0.3) is 6.71 Å². The Kier molecular flexibility index (Phi) is 11.9. The molecule has 0 saturated heterocycles. The van der Waals surface area contributed by atoms with Gasteiger partial charge in [-0.25, -0.2) is 0 Å². The van der Waals surface area contributed by atoms with Gasteiger partial charge in [-0.2, -0.15) is 0 Å². The van der Waals surface area contributed by atoms with Crippen molar-refractivity contribution in [2.45, 2.75) is 181 Å². The zero-order valence-electron chi connectivity index (χ0n) is 51.6. The van der Waals surface area contributed by atoms with Gasteiger partial charge in [-0.05, 0) is 163 Å². The first-order valence-electron chi connectivity index (χ1n) is 30.2. The zero-order chi connectivity index (χ0) is 57.3. The first-order valence-corrected chi connectivity index (χ1v) is 31.1. The first-order chi connectivity index (χ1) is 38.1. The lowest BCUT2D eigenvalue weighted by Crippen LogP contribution is -2.64. The van der Waals surface area contributed by atoms with Crippen molar-refractivity contribution in [3.8, 4) is 11.1 Å². The van der Waals surface area contributed by atoms with Gasteiger partial charge >= 0.3 is 0 Å². The summed E-state index contributed by atoms with van der Waals surface area (Å²) in [6, 6.07) is 60.6. The number of hydrogen-bond acceptors (Lipinski definition) is 4. The van der Waals surface area contributed by atoms with E-state index in [2.05, 4.69) is 284 Å². The molecule has 4 heterocycles. The average Bonchev–Trinajstić information content (AvgIpc) is 3.76. The molecule has 5 heteroatoms. The smallest absolute Gasteiger partial charge is 0.252 e. The number of anilines is 8. The van der Waals surface area contributed by atoms with Gasteiger partial charge in [0.15, 0.2) is 0 Å². The van der Waals surface area contributed by atoms with Crippen LogP contribution in [0.5, 0.6) is 0 Å². The highest BCUT2D eigenvalue weighted by molar-refractivity contribution is 7.26. The fourth-order valence-corrected chi connectivity index (χ4v) is 15.8. The molecule has 13 rings (SSSR count). The third-order valence-electron chi connectivity index (χ3n) is 19.8. The van der Waals surface area contributed by atoms with Crippen molar-refractivity contribution in [3.63, 3.8) is 0 Å². The molecule has 0 bridgehead atoms. The van der Waals surface area contributed by atoms with Gasteiger partial charge < -0.3 is 14.7 Å². The van der Waals surface area contributed by atoms with E-state index in [1.165, 1.54) is 123 Å². The highest BCUT2D eigenvalue weighted by Gasteiger charge is 2.62. The molecule has 1 saturated carbocycles. The summed E-state index contributed by atoms with van der Waals surface area (Å²) >= 11 is 1.96. The molecule has 2 atom stereocenters. The number of hydrogen-bond donors (Lipinski definition) is 0. The van der Waals surface area contributed by atoms with Crippen molar-refractivity contribution < 1.29 is 0 Å². The molecule has 0 radical (unpaired) electrons. The van der Waals surface area contributed by atoms with Crippen LogP contribution >= 0.6 is 11.3 Å². The van der Waals surface area contributed by atoms with E-state index in [9.17, 15) is 0 Å². The Hall–Kier alpha value is -6.56. The minimum absolute atomic E-state index is 0.0108. The Labute approximate surface area is 489 Å². The molecule has 0 N–H and O–H groups in total. The molecule has 0 spiro atoms. The van der Waals surface area contributed by atoms with Crippen LogP contribution in [0.1, 0.15) is 177 Å². The number of rotatable bonds is 5.